The van der Waals surface area contributed by atoms with Crippen molar-refractivity contribution < 1.29 is 32.4 Å². The van der Waals surface area contributed by atoms with Crippen LogP contribution in [0.1, 0.15) is 68.2 Å². The maximum Gasteiger partial charge on any atom is 0.315 e. The average Bonchev–Trinajstić information content (AvgIpc) is 3.37. The van der Waals surface area contributed by atoms with E-state index in [9.17, 15) is 32.4 Å². The quantitative estimate of drug-likeness (QED) is 0.122. The third kappa shape index (κ3) is 9.60. The number of nitrogens with zero attached hydrogens (tertiary/aromatic N) is 2. The number of rotatable bonds is 15. The lowest BCUT2D eigenvalue weighted by Gasteiger charge is -2.39. The summed E-state index contributed by atoms with van der Waals surface area (Å²) in [6.45, 7) is 18.9. The molecule has 0 aromatic heterocycles. The fraction of sp³-hybridized carbons (Fsp3) is 0.605. The van der Waals surface area contributed by atoms with Crippen LogP contribution >= 0.6 is 0 Å². The predicted octanol–water partition coefficient (Wildman–Crippen LogP) is 2.69. The molecule has 0 radical (unpaired) electrons. The monoisotopic (exact) mass is 740 g/mol. The summed E-state index contributed by atoms with van der Waals surface area (Å²) in [6, 6.07) is 3.43. The summed E-state index contributed by atoms with van der Waals surface area (Å²) in [7, 11) is -2.40. The van der Waals surface area contributed by atoms with Gasteiger partial charge >= 0.3 is 6.03 Å². The van der Waals surface area contributed by atoms with Crippen LogP contribution in [0.3, 0.4) is 0 Å². The van der Waals surface area contributed by atoms with Crippen molar-refractivity contribution in [1.82, 2.24) is 30.5 Å². The van der Waals surface area contributed by atoms with Crippen molar-refractivity contribution in [1.29, 1.82) is 0 Å². The first kappa shape index (κ1) is 42.2. The van der Waals surface area contributed by atoms with Crippen molar-refractivity contribution in [2.24, 2.45) is 28.1 Å². The first-order chi connectivity index (χ1) is 24.0. The summed E-state index contributed by atoms with van der Waals surface area (Å²) in [6.07, 6.45) is 7.02. The molecular formula is C38H56N6O7S. The minimum Gasteiger partial charge on any atom is -0.346 e. The van der Waals surface area contributed by atoms with Crippen molar-refractivity contribution in [2.75, 3.05) is 26.7 Å². The Hall–Kier alpha value is -4.22. The van der Waals surface area contributed by atoms with Crippen molar-refractivity contribution in [2.45, 2.75) is 97.3 Å². The zero-order valence-corrected chi connectivity index (χ0v) is 32.7. The summed E-state index contributed by atoms with van der Waals surface area (Å²) in [5.74, 6) is -0.557. The Kier molecular flexibility index (Phi) is 13.2. The number of Topliss-reactive ketones (excluding diaryl/α,β-unsaturated/α-hetero) is 1. The molecule has 286 valence electrons. The Morgan fingerprint density at radius 1 is 1.04 bits per heavy atom. The largest absolute Gasteiger partial charge is 0.346 e. The van der Waals surface area contributed by atoms with Gasteiger partial charge < -0.3 is 26.2 Å². The Labute approximate surface area is 309 Å². The molecule has 1 aliphatic carbocycles. The van der Waals surface area contributed by atoms with Crippen molar-refractivity contribution in [3.63, 3.8) is 0 Å². The topological polar surface area (TPSA) is 174 Å². The smallest absolute Gasteiger partial charge is 0.315 e. The molecule has 1 heterocycles. The molecule has 2 fully saturated rings. The number of likely N-dealkylation sites (tertiary alicyclic amines) is 1. The number of hydrogen-bond acceptors (Lipinski definition) is 7. The second-order valence-corrected chi connectivity index (χ2v) is 18.5. The molecule has 52 heavy (non-hydrogen) atoms. The minimum atomic E-state index is -3.85. The number of piperidine rings is 1. The molecule has 6 atom stereocenters. The maximum absolute atomic E-state index is 14.4. The molecule has 1 unspecified atom stereocenters. The van der Waals surface area contributed by atoms with Crippen LogP contribution in [-0.4, -0.2) is 98.0 Å². The molecule has 2 aliphatic rings. The van der Waals surface area contributed by atoms with E-state index in [-0.39, 0.29) is 54.6 Å². The lowest BCUT2D eigenvalue weighted by Crippen LogP contribution is -2.62. The highest BCUT2D eigenvalue weighted by atomic mass is 32.2. The van der Waals surface area contributed by atoms with Gasteiger partial charge in [-0.2, -0.15) is 4.31 Å². The van der Waals surface area contributed by atoms with E-state index in [1.165, 1.54) is 34.5 Å². The standard InChI is InChI=1S/C38H56N6O7S/c1-12-14-20-26(30(45)33(47)39-21-13-2)40-32(46)29-28-25(38(28,9)10)22-44(29)34(48)31(37(6,7)8)42-35(49)41-27(36(3,4)5)23-43(11)52(50,51)24-18-16-15-17-19-24/h1,13,15-19,25-29,31H,2,14,20-23H2,3-11H3,(H,39,47)(H,40,46)(H2,41,42,49)/t25-,26?,27+,28-,29-,31+/m0/s1. The molecule has 14 heteroatoms. The number of nitrogens with one attached hydrogen (secondary N) is 4. The summed E-state index contributed by atoms with van der Waals surface area (Å²) in [5, 5.41) is 10.9. The van der Waals surface area contributed by atoms with Gasteiger partial charge in [-0.15, -0.1) is 18.9 Å². The van der Waals surface area contributed by atoms with Gasteiger partial charge in [-0.3, -0.25) is 19.2 Å². The molecule has 0 spiro atoms. The first-order valence-corrected chi connectivity index (χ1v) is 19.0. The number of fused-ring (bicyclic) bond motifs is 1. The van der Waals surface area contributed by atoms with Gasteiger partial charge in [0, 0.05) is 39.1 Å². The molecule has 3 rings (SSSR count). The van der Waals surface area contributed by atoms with Gasteiger partial charge in [0.15, 0.2) is 0 Å². The van der Waals surface area contributed by atoms with E-state index in [4.69, 9.17) is 6.42 Å². The number of carbonyl (C=O) groups excluding carboxylic acids is 5. The zero-order valence-electron chi connectivity index (χ0n) is 31.9. The van der Waals surface area contributed by atoms with Gasteiger partial charge in [0.1, 0.15) is 12.1 Å². The van der Waals surface area contributed by atoms with Crippen molar-refractivity contribution in [3.05, 3.63) is 43.0 Å². The Morgan fingerprint density at radius 3 is 2.19 bits per heavy atom. The fourth-order valence-electron chi connectivity index (χ4n) is 6.79. The molecule has 1 aromatic carbocycles. The number of benzene rings is 1. The van der Waals surface area contributed by atoms with E-state index in [0.717, 1.165) is 0 Å². The number of ketones is 1. The number of carbonyl (C=O) groups is 5. The highest BCUT2D eigenvalue weighted by Gasteiger charge is 2.70. The predicted molar refractivity (Wildman–Crippen MR) is 199 cm³/mol. The number of urea groups is 1. The lowest BCUT2D eigenvalue weighted by atomic mass is 9.85. The van der Waals surface area contributed by atoms with Crippen LogP contribution in [0, 0.1) is 40.4 Å². The fourth-order valence-corrected chi connectivity index (χ4v) is 7.99. The Bertz CT molecular complexity index is 1670. The molecule has 13 nitrogen and oxygen atoms in total. The number of amides is 5. The van der Waals surface area contributed by atoms with Gasteiger partial charge in [0.05, 0.1) is 10.9 Å². The van der Waals surface area contributed by atoms with Gasteiger partial charge in [0.2, 0.25) is 27.6 Å². The molecule has 1 aromatic rings. The Morgan fingerprint density at radius 2 is 1.65 bits per heavy atom. The summed E-state index contributed by atoms with van der Waals surface area (Å²) in [4.78, 5) is 69.3. The average molecular weight is 741 g/mol. The zero-order chi connectivity index (χ0) is 39.4. The summed E-state index contributed by atoms with van der Waals surface area (Å²) >= 11 is 0. The summed E-state index contributed by atoms with van der Waals surface area (Å²) < 4.78 is 27.8. The summed E-state index contributed by atoms with van der Waals surface area (Å²) in [5.41, 5.74) is -1.65. The van der Waals surface area contributed by atoms with Crippen molar-refractivity contribution in [3.8, 4) is 12.3 Å². The van der Waals surface area contributed by atoms with Gasteiger partial charge in [0.25, 0.3) is 5.91 Å². The number of terminal acetylenes is 1. The molecule has 0 bridgehead atoms. The molecular weight excluding hydrogens is 685 g/mol. The minimum absolute atomic E-state index is 0.00441. The van der Waals surface area contributed by atoms with Gasteiger partial charge in [-0.05, 0) is 46.6 Å². The molecule has 1 saturated carbocycles. The van der Waals surface area contributed by atoms with E-state index < -0.39 is 74.6 Å². The molecule has 1 saturated heterocycles. The van der Waals surface area contributed by atoms with E-state index in [2.05, 4.69) is 33.8 Å². The van der Waals surface area contributed by atoms with Crippen LogP contribution in [0.5, 0.6) is 0 Å². The Balaban J connectivity index is 1.84. The number of likely N-dealkylation sites (N-methyl/N-ethyl adjacent to an activating group) is 1. The van der Waals surface area contributed by atoms with E-state index in [1.807, 2.05) is 34.6 Å². The SMILES string of the molecule is C#CCCC(NC(=O)[C@@H]1[C@@H]2[C@H](CN1C(=O)[C@@H](NC(=O)N[C@H](CN(C)S(=O)(=O)c1ccccc1)C(C)(C)C)C(C)(C)C)C2(C)C)C(=O)C(=O)NCC=C. The van der Waals surface area contributed by atoms with E-state index >= 15 is 0 Å². The van der Waals surface area contributed by atoms with Gasteiger partial charge in [-0.25, -0.2) is 13.2 Å². The third-order valence-electron chi connectivity index (χ3n) is 10.2. The second kappa shape index (κ2) is 16.2. The first-order valence-electron chi connectivity index (χ1n) is 17.6. The van der Waals surface area contributed by atoms with Crippen LogP contribution in [0.4, 0.5) is 4.79 Å². The third-order valence-corrected chi connectivity index (χ3v) is 12.1. The maximum atomic E-state index is 14.4. The van der Waals surface area contributed by atoms with Crippen LogP contribution in [-0.2, 0) is 29.2 Å². The number of sulfonamides is 1. The van der Waals surface area contributed by atoms with Crippen LogP contribution in [0.2, 0.25) is 0 Å². The van der Waals surface area contributed by atoms with Gasteiger partial charge in [-0.1, -0.05) is 79.7 Å². The normalized spacial score (nSPS) is 21.1. The number of hydrogen-bond donors (Lipinski definition) is 4. The van der Waals surface area contributed by atoms with Crippen LogP contribution in [0.25, 0.3) is 0 Å². The molecule has 5 amide bonds. The van der Waals surface area contributed by atoms with Crippen LogP contribution in [0.15, 0.2) is 47.9 Å². The lowest BCUT2D eigenvalue weighted by molar-refractivity contribution is -0.145. The second-order valence-electron chi connectivity index (χ2n) is 16.5. The van der Waals surface area contributed by atoms with E-state index in [0.29, 0.717) is 0 Å². The molecule has 1 aliphatic heterocycles. The van der Waals surface area contributed by atoms with Crippen LogP contribution < -0.4 is 21.3 Å². The highest BCUT2D eigenvalue weighted by Crippen LogP contribution is 2.65. The highest BCUT2D eigenvalue weighted by molar-refractivity contribution is 7.89. The van der Waals surface area contributed by atoms with Crippen molar-refractivity contribution >= 4 is 39.6 Å². The van der Waals surface area contributed by atoms with E-state index in [1.54, 1.807) is 39.0 Å². The molecule has 4 N–H and O–H groups in total.